The highest BCUT2D eigenvalue weighted by Gasteiger charge is 2.25. The van der Waals surface area contributed by atoms with Crippen LogP contribution in [0, 0.1) is 6.92 Å². The van der Waals surface area contributed by atoms with E-state index in [1.165, 1.54) is 0 Å². The molecule has 7 nitrogen and oxygen atoms in total. The Bertz CT molecular complexity index is 899. The second-order valence-corrected chi connectivity index (χ2v) is 7.87. The normalized spacial score (nSPS) is 16.2. The van der Waals surface area contributed by atoms with Crippen LogP contribution in [0.1, 0.15) is 22.6 Å². The van der Waals surface area contributed by atoms with Crippen molar-refractivity contribution in [2.75, 3.05) is 32.8 Å². The lowest BCUT2D eigenvalue weighted by atomic mass is 10.1. The molecule has 1 aromatic carbocycles. The van der Waals surface area contributed by atoms with Crippen LogP contribution in [0.15, 0.2) is 40.8 Å². The number of hydrogen-bond donors (Lipinski definition) is 2. The fourth-order valence-electron chi connectivity index (χ4n) is 3.33. The van der Waals surface area contributed by atoms with Crippen LogP contribution in [0.25, 0.3) is 10.2 Å². The Balaban J connectivity index is 1.34. The molecule has 2 aromatic heterocycles. The molecule has 0 radical (unpaired) electrons. The highest BCUT2D eigenvalue weighted by Crippen LogP contribution is 2.23. The van der Waals surface area contributed by atoms with Crippen LogP contribution in [0.5, 0.6) is 0 Å². The quantitative estimate of drug-likeness (QED) is 0.665. The van der Waals surface area contributed by atoms with Crippen molar-refractivity contribution >= 4 is 27.6 Å². The first-order valence-electron chi connectivity index (χ1n) is 9.43. The highest BCUT2D eigenvalue weighted by molar-refractivity contribution is 7.18. The van der Waals surface area contributed by atoms with Crippen molar-refractivity contribution in [3.8, 4) is 0 Å². The molecule has 1 aliphatic heterocycles. The molecule has 2 amide bonds. The van der Waals surface area contributed by atoms with E-state index in [0.29, 0.717) is 26.3 Å². The van der Waals surface area contributed by atoms with Crippen LogP contribution in [-0.4, -0.2) is 48.8 Å². The number of morpholine rings is 1. The SMILES string of the molecule is Cc1ccc(C(CNC(=O)NCc2nc3ccccc3s2)N2CCOCC2)o1. The number of rotatable bonds is 6. The van der Waals surface area contributed by atoms with Gasteiger partial charge in [-0.1, -0.05) is 12.1 Å². The van der Waals surface area contributed by atoms with Crippen molar-refractivity contribution in [2.45, 2.75) is 19.5 Å². The van der Waals surface area contributed by atoms with Gasteiger partial charge < -0.3 is 19.8 Å². The van der Waals surface area contributed by atoms with Crippen LogP contribution in [0.3, 0.4) is 0 Å². The van der Waals surface area contributed by atoms with Crippen molar-refractivity contribution in [2.24, 2.45) is 0 Å². The lowest BCUT2D eigenvalue weighted by molar-refractivity contribution is 0.0121. The van der Waals surface area contributed by atoms with Gasteiger partial charge in [-0.05, 0) is 31.2 Å². The number of furan rings is 1. The van der Waals surface area contributed by atoms with E-state index in [-0.39, 0.29) is 12.1 Å². The molecule has 3 heterocycles. The number of aryl methyl sites for hydroxylation is 1. The van der Waals surface area contributed by atoms with Gasteiger partial charge in [-0.15, -0.1) is 11.3 Å². The molecule has 1 saturated heterocycles. The maximum absolute atomic E-state index is 12.3. The van der Waals surface area contributed by atoms with Crippen LogP contribution in [0.4, 0.5) is 4.79 Å². The highest BCUT2D eigenvalue weighted by atomic mass is 32.1. The molecular formula is C20H24N4O3S. The third kappa shape index (κ3) is 4.52. The Hall–Kier alpha value is -2.42. The lowest BCUT2D eigenvalue weighted by Crippen LogP contribution is -2.45. The molecule has 0 bridgehead atoms. The van der Waals surface area contributed by atoms with E-state index in [1.807, 2.05) is 43.3 Å². The molecule has 148 valence electrons. The van der Waals surface area contributed by atoms with Gasteiger partial charge in [0.2, 0.25) is 0 Å². The van der Waals surface area contributed by atoms with Crippen molar-refractivity contribution in [3.05, 3.63) is 52.9 Å². The average Bonchev–Trinajstić information content (AvgIpc) is 3.33. The number of benzene rings is 1. The standard InChI is InChI=1S/C20H24N4O3S/c1-14-6-7-17(27-14)16(24-8-10-26-11-9-24)12-21-20(25)22-13-19-23-15-4-2-3-5-18(15)28-19/h2-7,16H,8-13H2,1H3,(H2,21,22,25). The lowest BCUT2D eigenvalue weighted by Gasteiger charge is -2.33. The number of hydrogen-bond acceptors (Lipinski definition) is 6. The summed E-state index contributed by atoms with van der Waals surface area (Å²) in [6.07, 6.45) is 0. The number of thiazole rings is 1. The molecule has 3 aromatic rings. The monoisotopic (exact) mass is 400 g/mol. The predicted octanol–water partition coefficient (Wildman–Crippen LogP) is 3.07. The summed E-state index contributed by atoms with van der Waals surface area (Å²) in [5, 5.41) is 6.77. The Morgan fingerprint density at radius 3 is 2.79 bits per heavy atom. The fourth-order valence-corrected chi connectivity index (χ4v) is 4.24. The van der Waals surface area contributed by atoms with Gasteiger partial charge in [0.25, 0.3) is 0 Å². The molecule has 8 heteroatoms. The summed E-state index contributed by atoms with van der Waals surface area (Å²) in [5.41, 5.74) is 0.963. The van der Waals surface area contributed by atoms with E-state index in [4.69, 9.17) is 9.15 Å². The summed E-state index contributed by atoms with van der Waals surface area (Å²) < 4.78 is 12.4. The Labute approximate surface area is 167 Å². The van der Waals surface area contributed by atoms with Crippen LogP contribution in [-0.2, 0) is 11.3 Å². The van der Waals surface area contributed by atoms with Gasteiger partial charge >= 0.3 is 6.03 Å². The van der Waals surface area contributed by atoms with Crippen molar-refractivity contribution in [1.82, 2.24) is 20.5 Å². The van der Waals surface area contributed by atoms with Gasteiger partial charge in [-0.2, -0.15) is 0 Å². The van der Waals surface area contributed by atoms with Gasteiger partial charge in [-0.3, -0.25) is 4.90 Å². The molecule has 1 atom stereocenters. The van der Waals surface area contributed by atoms with Gasteiger partial charge in [0.15, 0.2) is 0 Å². The number of nitrogens with one attached hydrogen (secondary N) is 2. The summed E-state index contributed by atoms with van der Waals surface area (Å²) in [6, 6.07) is 11.7. The second-order valence-electron chi connectivity index (χ2n) is 6.75. The summed E-state index contributed by atoms with van der Waals surface area (Å²) >= 11 is 1.60. The molecule has 1 fully saturated rings. The summed E-state index contributed by atoms with van der Waals surface area (Å²) in [5.74, 6) is 1.74. The number of carbonyl (C=O) groups is 1. The number of carbonyl (C=O) groups excluding carboxylic acids is 1. The van der Waals surface area contributed by atoms with Crippen LogP contribution < -0.4 is 10.6 Å². The van der Waals surface area contributed by atoms with Crippen LogP contribution in [0.2, 0.25) is 0 Å². The topological polar surface area (TPSA) is 79.6 Å². The zero-order valence-corrected chi connectivity index (χ0v) is 16.6. The Morgan fingerprint density at radius 2 is 2.04 bits per heavy atom. The van der Waals surface area contributed by atoms with E-state index < -0.39 is 0 Å². The van der Waals surface area contributed by atoms with Crippen molar-refractivity contribution in [3.63, 3.8) is 0 Å². The fraction of sp³-hybridized carbons (Fsp3) is 0.400. The molecule has 1 unspecified atom stereocenters. The number of para-hydroxylation sites is 1. The largest absolute Gasteiger partial charge is 0.465 e. The van der Waals surface area contributed by atoms with Gasteiger partial charge in [0, 0.05) is 19.6 Å². The molecule has 1 aliphatic rings. The molecular weight excluding hydrogens is 376 g/mol. The number of amides is 2. The Kier molecular flexibility index (Phi) is 5.90. The zero-order valence-electron chi connectivity index (χ0n) is 15.8. The molecule has 0 spiro atoms. The van der Waals surface area contributed by atoms with E-state index in [0.717, 1.165) is 39.8 Å². The second kappa shape index (κ2) is 8.72. The van der Waals surface area contributed by atoms with Gasteiger partial charge in [0.1, 0.15) is 16.5 Å². The minimum Gasteiger partial charge on any atom is -0.465 e. The van der Waals surface area contributed by atoms with E-state index >= 15 is 0 Å². The van der Waals surface area contributed by atoms with E-state index in [1.54, 1.807) is 11.3 Å². The molecule has 0 aliphatic carbocycles. The zero-order chi connectivity index (χ0) is 19.3. The minimum absolute atomic E-state index is 0.00852. The minimum atomic E-state index is -0.208. The smallest absolute Gasteiger partial charge is 0.315 e. The first-order valence-corrected chi connectivity index (χ1v) is 10.2. The average molecular weight is 401 g/mol. The number of ether oxygens (including phenoxy) is 1. The third-order valence-electron chi connectivity index (χ3n) is 4.77. The summed E-state index contributed by atoms with van der Waals surface area (Å²) in [7, 11) is 0. The molecule has 0 saturated carbocycles. The van der Waals surface area contributed by atoms with Crippen molar-refractivity contribution < 1.29 is 13.9 Å². The first kappa shape index (κ1) is 18.9. The maximum atomic E-state index is 12.3. The molecule has 2 N–H and O–H groups in total. The van der Waals surface area contributed by atoms with Gasteiger partial charge in [-0.25, -0.2) is 9.78 Å². The summed E-state index contributed by atoms with van der Waals surface area (Å²) in [4.78, 5) is 19.2. The number of urea groups is 1. The predicted molar refractivity (Wildman–Crippen MR) is 108 cm³/mol. The first-order chi connectivity index (χ1) is 13.7. The summed E-state index contributed by atoms with van der Waals surface area (Å²) in [6.45, 7) is 5.84. The van der Waals surface area contributed by atoms with Gasteiger partial charge in [0.05, 0.1) is 36.0 Å². The Morgan fingerprint density at radius 1 is 1.21 bits per heavy atom. The number of aromatic nitrogens is 1. The van der Waals surface area contributed by atoms with Crippen molar-refractivity contribution in [1.29, 1.82) is 0 Å². The van der Waals surface area contributed by atoms with E-state index in [9.17, 15) is 4.79 Å². The van der Waals surface area contributed by atoms with Crippen LogP contribution >= 0.6 is 11.3 Å². The number of fused-ring (bicyclic) bond motifs is 1. The van der Waals surface area contributed by atoms with E-state index in [2.05, 4.69) is 20.5 Å². The third-order valence-corrected chi connectivity index (χ3v) is 5.81. The maximum Gasteiger partial charge on any atom is 0.315 e. The molecule has 4 rings (SSSR count). The number of nitrogens with zero attached hydrogens (tertiary/aromatic N) is 2. The molecule has 28 heavy (non-hydrogen) atoms.